The molecule has 1 aliphatic heterocycles. The van der Waals surface area contributed by atoms with Crippen LogP contribution in [0.4, 0.5) is 0 Å². The minimum atomic E-state index is -0.876. The van der Waals surface area contributed by atoms with Crippen LogP contribution in [0.3, 0.4) is 0 Å². The van der Waals surface area contributed by atoms with E-state index >= 15 is 0 Å². The maximum Gasteiger partial charge on any atom is 0.308 e. The molecule has 1 amide bonds. The van der Waals surface area contributed by atoms with Gasteiger partial charge >= 0.3 is 5.97 Å². The fourth-order valence-electron chi connectivity index (χ4n) is 2.91. The fraction of sp³-hybridized carbons (Fsp3) is 0.444. The number of hydrogen-bond acceptors (Lipinski definition) is 6. The van der Waals surface area contributed by atoms with Gasteiger partial charge in [-0.15, -0.1) is 17.5 Å². The number of nitrogens with zero attached hydrogens (tertiary/aromatic N) is 4. The maximum atomic E-state index is 12.7. The zero-order chi connectivity index (χ0) is 19.4. The summed E-state index contributed by atoms with van der Waals surface area (Å²) in [5.41, 5.74) is 1.43. The number of halogens is 1. The van der Waals surface area contributed by atoms with Crippen molar-refractivity contribution in [3.8, 4) is 11.4 Å². The van der Waals surface area contributed by atoms with Gasteiger partial charge in [0.15, 0.2) is 5.69 Å². The second-order valence-electron chi connectivity index (χ2n) is 6.33. The lowest BCUT2D eigenvalue weighted by atomic mass is 10.1. The van der Waals surface area contributed by atoms with Crippen LogP contribution in [0.25, 0.3) is 5.69 Å². The molecule has 1 N–H and O–H groups in total. The first-order valence-electron chi connectivity index (χ1n) is 8.67. The SMILES string of the molecule is COCCOc1ccc(-n2nc(C)c(C(=O)N3CCC(C(=O)O)C3)n2)cc1.Cl. The van der Waals surface area contributed by atoms with Crippen LogP contribution in [0.2, 0.25) is 0 Å². The van der Waals surface area contributed by atoms with E-state index < -0.39 is 11.9 Å². The Bertz CT molecular complexity index is 824. The van der Waals surface area contributed by atoms with Gasteiger partial charge in [-0.25, -0.2) is 0 Å². The van der Waals surface area contributed by atoms with E-state index in [9.17, 15) is 9.59 Å². The van der Waals surface area contributed by atoms with Crippen LogP contribution < -0.4 is 4.74 Å². The second kappa shape index (κ2) is 9.52. The normalized spacial score (nSPS) is 15.9. The number of ether oxygens (including phenoxy) is 2. The summed E-state index contributed by atoms with van der Waals surface area (Å²) in [6.07, 6.45) is 0.457. The smallest absolute Gasteiger partial charge is 0.308 e. The largest absolute Gasteiger partial charge is 0.491 e. The molecule has 1 unspecified atom stereocenters. The monoisotopic (exact) mass is 410 g/mol. The highest BCUT2D eigenvalue weighted by atomic mass is 35.5. The van der Waals surface area contributed by atoms with Crippen LogP contribution in [0.15, 0.2) is 24.3 Å². The Morgan fingerprint density at radius 1 is 1.21 bits per heavy atom. The summed E-state index contributed by atoms with van der Waals surface area (Å²) in [6, 6.07) is 7.19. The van der Waals surface area contributed by atoms with Crippen molar-refractivity contribution in [3.05, 3.63) is 35.7 Å². The van der Waals surface area contributed by atoms with E-state index in [-0.39, 0.29) is 30.6 Å². The van der Waals surface area contributed by atoms with Crippen LogP contribution in [0.5, 0.6) is 5.75 Å². The summed E-state index contributed by atoms with van der Waals surface area (Å²) >= 11 is 0. The molecule has 10 heteroatoms. The molecule has 28 heavy (non-hydrogen) atoms. The molecule has 0 bridgehead atoms. The number of amides is 1. The lowest BCUT2D eigenvalue weighted by Crippen LogP contribution is -2.30. The van der Waals surface area contributed by atoms with Gasteiger partial charge in [0.25, 0.3) is 5.91 Å². The molecule has 2 heterocycles. The third-order valence-corrected chi connectivity index (χ3v) is 4.43. The Morgan fingerprint density at radius 2 is 1.93 bits per heavy atom. The van der Waals surface area contributed by atoms with Crippen LogP contribution in [-0.4, -0.2) is 70.3 Å². The minimum absolute atomic E-state index is 0. The molecule has 3 rings (SSSR count). The first-order chi connectivity index (χ1) is 13.0. The molecule has 1 aliphatic rings. The number of aryl methyl sites for hydroxylation is 1. The van der Waals surface area contributed by atoms with Crippen molar-refractivity contribution < 1.29 is 24.2 Å². The van der Waals surface area contributed by atoms with Gasteiger partial charge in [0.2, 0.25) is 0 Å². The Kier molecular flexibility index (Phi) is 7.36. The number of rotatable bonds is 7. The molecule has 0 radical (unpaired) electrons. The van der Waals surface area contributed by atoms with Crippen molar-refractivity contribution in [1.82, 2.24) is 19.9 Å². The molecule has 2 aromatic rings. The topological polar surface area (TPSA) is 107 Å². The molecule has 0 aliphatic carbocycles. The second-order valence-corrected chi connectivity index (χ2v) is 6.33. The van der Waals surface area contributed by atoms with Gasteiger partial charge in [-0.3, -0.25) is 9.59 Å². The number of likely N-dealkylation sites (tertiary alicyclic amines) is 1. The first kappa shape index (κ1) is 21.6. The lowest BCUT2D eigenvalue weighted by Gasteiger charge is -2.14. The van der Waals surface area contributed by atoms with E-state index in [1.54, 1.807) is 38.3 Å². The number of aromatic nitrogens is 3. The summed E-state index contributed by atoms with van der Waals surface area (Å²) in [4.78, 5) is 26.7. The van der Waals surface area contributed by atoms with E-state index in [0.29, 0.717) is 43.3 Å². The predicted molar refractivity (Wildman–Crippen MR) is 102 cm³/mol. The minimum Gasteiger partial charge on any atom is -0.491 e. The Labute approximate surface area is 168 Å². The van der Waals surface area contributed by atoms with Crippen molar-refractivity contribution in [2.75, 3.05) is 33.4 Å². The molecule has 9 nitrogen and oxygen atoms in total. The molecule has 1 fully saturated rings. The van der Waals surface area contributed by atoms with E-state index in [1.807, 2.05) is 0 Å². The molecule has 152 valence electrons. The highest BCUT2D eigenvalue weighted by Crippen LogP contribution is 2.20. The van der Waals surface area contributed by atoms with Crippen LogP contribution >= 0.6 is 12.4 Å². The van der Waals surface area contributed by atoms with E-state index in [4.69, 9.17) is 14.6 Å². The number of methoxy groups -OCH3 is 1. The lowest BCUT2D eigenvalue weighted by molar-refractivity contribution is -0.141. The van der Waals surface area contributed by atoms with Gasteiger partial charge in [0.1, 0.15) is 12.4 Å². The van der Waals surface area contributed by atoms with Crippen molar-refractivity contribution in [1.29, 1.82) is 0 Å². The molecule has 1 saturated heterocycles. The summed E-state index contributed by atoms with van der Waals surface area (Å²) < 4.78 is 10.5. The van der Waals surface area contributed by atoms with Crippen LogP contribution in [-0.2, 0) is 9.53 Å². The van der Waals surface area contributed by atoms with Gasteiger partial charge in [-0.05, 0) is 37.6 Å². The summed E-state index contributed by atoms with van der Waals surface area (Å²) in [7, 11) is 1.61. The van der Waals surface area contributed by atoms with Gasteiger partial charge < -0.3 is 19.5 Å². The quantitative estimate of drug-likeness (QED) is 0.690. The first-order valence-corrected chi connectivity index (χ1v) is 8.67. The standard InChI is InChI=1S/C18H22N4O5.ClH/c1-12-16(17(23)21-8-7-13(11-21)18(24)25)20-22(19-12)14-3-5-15(6-4-14)27-10-9-26-2;/h3-6,13H,7-11H2,1-2H3,(H,24,25);1H. The van der Waals surface area contributed by atoms with Crippen LogP contribution in [0.1, 0.15) is 22.6 Å². The molecule has 0 spiro atoms. The summed E-state index contributed by atoms with van der Waals surface area (Å²) in [5, 5.41) is 17.7. The predicted octanol–water partition coefficient (Wildman–Crippen LogP) is 1.57. The molecular formula is C18H23ClN4O5. The molecule has 0 saturated carbocycles. The van der Waals surface area contributed by atoms with Crippen LogP contribution in [0, 0.1) is 12.8 Å². The average Bonchev–Trinajstić information content (AvgIpc) is 3.29. The number of carbonyl (C=O) groups excluding carboxylic acids is 1. The van der Waals surface area contributed by atoms with Crippen molar-refractivity contribution in [2.45, 2.75) is 13.3 Å². The highest BCUT2D eigenvalue weighted by molar-refractivity contribution is 5.93. The zero-order valence-corrected chi connectivity index (χ0v) is 16.5. The van der Waals surface area contributed by atoms with E-state index in [2.05, 4.69) is 10.2 Å². The highest BCUT2D eigenvalue weighted by Gasteiger charge is 2.33. The number of carboxylic acid groups (broad SMARTS) is 1. The number of carboxylic acids is 1. The van der Waals surface area contributed by atoms with Crippen molar-refractivity contribution in [3.63, 3.8) is 0 Å². The van der Waals surface area contributed by atoms with Gasteiger partial charge in [-0.2, -0.15) is 9.90 Å². The summed E-state index contributed by atoms with van der Waals surface area (Å²) in [6.45, 7) is 3.29. The third-order valence-electron chi connectivity index (χ3n) is 4.43. The number of hydrogen-bond donors (Lipinski definition) is 1. The summed E-state index contributed by atoms with van der Waals surface area (Å²) in [5.74, 6) is -0.983. The van der Waals surface area contributed by atoms with Gasteiger partial charge in [0, 0.05) is 20.2 Å². The van der Waals surface area contributed by atoms with Crippen molar-refractivity contribution >= 4 is 24.3 Å². The molecule has 1 aromatic heterocycles. The molecular weight excluding hydrogens is 388 g/mol. The number of benzene rings is 1. The third kappa shape index (κ3) is 4.79. The molecule has 1 atom stereocenters. The Hall–Kier alpha value is -2.65. The Morgan fingerprint density at radius 3 is 2.54 bits per heavy atom. The number of aliphatic carboxylic acids is 1. The van der Waals surface area contributed by atoms with E-state index in [0.717, 1.165) is 0 Å². The zero-order valence-electron chi connectivity index (χ0n) is 15.7. The van der Waals surface area contributed by atoms with Gasteiger partial charge in [0.05, 0.1) is 23.9 Å². The van der Waals surface area contributed by atoms with E-state index in [1.165, 1.54) is 9.70 Å². The Balaban J connectivity index is 0.00000280. The van der Waals surface area contributed by atoms with Crippen molar-refractivity contribution in [2.24, 2.45) is 5.92 Å². The van der Waals surface area contributed by atoms with Gasteiger partial charge in [-0.1, -0.05) is 0 Å². The number of carbonyl (C=O) groups is 2. The fourth-order valence-corrected chi connectivity index (χ4v) is 2.91. The average molecular weight is 411 g/mol. The molecule has 1 aromatic carbocycles. The maximum absolute atomic E-state index is 12.7.